The van der Waals surface area contributed by atoms with Crippen LogP contribution >= 0.6 is 0 Å². The van der Waals surface area contributed by atoms with Crippen LogP contribution < -0.4 is 0 Å². The third-order valence-corrected chi connectivity index (χ3v) is 11.2. The summed E-state index contributed by atoms with van der Waals surface area (Å²) in [7, 11) is -11.1. The van der Waals surface area contributed by atoms with Gasteiger partial charge in [-0.2, -0.15) is 8.61 Å². The Labute approximate surface area is 182 Å². The van der Waals surface area contributed by atoms with E-state index >= 15 is 0 Å². The largest absolute Gasteiger partial charge is 0.468 e. The van der Waals surface area contributed by atoms with Gasteiger partial charge < -0.3 is 4.42 Å². The lowest BCUT2D eigenvalue weighted by molar-refractivity contribution is 0.307. The molecule has 2 aliphatic rings. The highest BCUT2D eigenvalue weighted by molar-refractivity contribution is 7.92. The van der Waals surface area contributed by atoms with Gasteiger partial charge in [0.05, 0.1) is 34.1 Å². The average Bonchev–Trinajstić information content (AvgIpc) is 3.48. The smallest absolute Gasteiger partial charge is 0.243 e. The summed E-state index contributed by atoms with van der Waals surface area (Å²) < 4.78 is 84.0. The van der Waals surface area contributed by atoms with Gasteiger partial charge in [-0.15, -0.1) is 0 Å². The molecule has 0 amide bonds. The zero-order valence-electron chi connectivity index (χ0n) is 16.8. The van der Waals surface area contributed by atoms with Gasteiger partial charge in [-0.25, -0.2) is 25.3 Å². The van der Waals surface area contributed by atoms with Crippen LogP contribution in [0, 0.1) is 0 Å². The summed E-state index contributed by atoms with van der Waals surface area (Å²) in [6.45, 7) is 0.800. The van der Waals surface area contributed by atoms with Gasteiger partial charge in [0.15, 0.2) is 9.84 Å². The lowest BCUT2D eigenvalue weighted by Crippen LogP contribution is -2.40. The molecule has 12 heteroatoms. The molecule has 9 nitrogen and oxygen atoms in total. The van der Waals surface area contributed by atoms with Crippen LogP contribution in [0.2, 0.25) is 0 Å². The molecule has 170 valence electrons. The fourth-order valence-electron chi connectivity index (χ4n) is 3.97. The summed E-state index contributed by atoms with van der Waals surface area (Å²) in [5.41, 5.74) is 0. The van der Waals surface area contributed by atoms with E-state index in [1.165, 1.54) is 34.8 Å². The van der Waals surface area contributed by atoms with E-state index in [9.17, 15) is 25.3 Å². The van der Waals surface area contributed by atoms with Crippen molar-refractivity contribution in [3.05, 3.63) is 48.4 Å². The molecule has 1 atom stereocenters. The predicted molar refractivity (Wildman–Crippen MR) is 113 cm³/mol. The molecule has 0 saturated carbocycles. The molecular formula is C19H24N2O7S3. The molecule has 1 aromatic carbocycles. The minimum Gasteiger partial charge on any atom is -0.468 e. The van der Waals surface area contributed by atoms with Crippen molar-refractivity contribution >= 4 is 29.9 Å². The monoisotopic (exact) mass is 488 g/mol. The molecule has 2 aromatic rings. The van der Waals surface area contributed by atoms with Gasteiger partial charge in [0.2, 0.25) is 20.0 Å². The maximum Gasteiger partial charge on any atom is 0.243 e. The van der Waals surface area contributed by atoms with E-state index in [1.807, 2.05) is 0 Å². The van der Waals surface area contributed by atoms with Gasteiger partial charge in [-0.1, -0.05) is 0 Å². The van der Waals surface area contributed by atoms with Crippen molar-refractivity contribution in [2.45, 2.75) is 41.6 Å². The first-order valence-electron chi connectivity index (χ1n) is 9.94. The number of rotatable bonds is 7. The Morgan fingerprint density at radius 2 is 1.65 bits per heavy atom. The van der Waals surface area contributed by atoms with Crippen LogP contribution in [0.25, 0.3) is 0 Å². The van der Waals surface area contributed by atoms with E-state index in [0.717, 1.165) is 17.1 Å². The molecule has 0 spiro atoms. The zero-order valence-corrected chi connectivity index (χ0v) is 19.2. The maximum atomic E-state index is 13.4. The van der Waals surface area contributed by atoms with E-state index in [1.54, 1.807) is 12.1 Å². The zero-order chi connectivity index (χ0) is 22.3. The van der Waals surface area contributed by atoms with E-state index in [-0.39, 0.29) is 34.3 Å². The molecule has 2 aliphatic heterocycles. The van der Waals surface area contributed by atoms with Crippen LogP contribution in [0.4, 0.5) is 0 Å². The molecule has 2 saturated heterocycles. The summed E-state index contributed by atoms with van der Waals surface area (Å²) in [6, 6.07) is 7.64. The van der Waals surface area contributed by atoms with Crippen LogP contribution in [0.1, 0.15) is 25.0 Å². The van der Waals surface area contributed by atoms with Crippen LogP contribution in [-0.4, -0.2) is 64.5 Å². The summed E-state index contributed by atoms with van der Waals surface area (Å²) >= 11 is 0. The second-order valence-electron chi connectivity index (χ2n) is 7.77. The predicted octanol–water partition coefficient (Wildman–Crippen LogP) is 1.44. The Hall–Kier alpha value is -1.73. The van der Waals surface area contributed by atoms with E-state index in [2.05, 4.69) is 0 Å². The topological polar surface area (TPSA) is 122 Å². The van der Waals surface area contributed by atoms with Gasteiger partial charge in [0.25, 0.3) is 0 Å². The highest BCUT2D eigenvalue weighted by atomic mass is 32.2. The molecule has 3 heterocycles. The molecule has 0 unspecified atom stereocenters. The number of nitrogens with zero attached hydrogens (tertiary/aromatic N) is 2. The molecule has 2 fully saturated rings. The van der Waals surface area contributed by atoms with Crippen molar-refractivity contribution in [3.8, 4) is 0 Å². The summed E-state index contributed by atoms with van der Waals surface area (Å²) in [4.78, 5) is -0.0573. The quantitative estimate of drug-likeness (QED) is 0.578. The minimum absolute atomic E-state index is 0.0365. The SMILES string of the molecule is O=S1(=O)CC[C@H](N(Cc2ccco2)S(=O)(=O)c2ccc(S(=O)(=O)N3CCCC3)cc2)C1. The number of hydrogen-bond acceptors (Lipinski definition) is 7. The molecule has 31 heavy (non-hydrogen) atoms. The Morgan fingerprint density at radius 3 is 2.19 bits per heavy atom. The fourth-order valence-corrected chi connectivity index (χ4v) is 8.93. The Bertz CT molecular complexity index is 1230. The van der Waals surface area contributed by atoms with Gasteiger partial charge in [0.1, 0.15) is 5.76 Å². The number of hydrogen-bond donors (Lipinski definition) is 0. The van der Waals surface area contributed by atoms with E-state index < -0.39 is 35.9 Å². The van der Waals surface area contributed by atoms with Crippen molar-refractivity contribution in [2.75, 3.05) is 24.6 Å². The minimum atomic E-state index is -4.09. The van der Waals surface area contributed by atoms with Crippen LogP contribution in [0.3, 0.4) is 0 Å². The summed E-state index contributed by atoms with van der Waals surface area (Å²) in [6.07, 6.45) is 3.22. The Balaban J connectivity index is 1.65. The standard InChI is InChI=1S/C19H24N2O7S3/c22-29(23)13-9-16(15-29)21(14-17-4-3-12-28-17)31(26,27)19-7-5-18(6-8-19)30(24,25)20-10-1-2-11-20/h3-8,12,16H,1-2,9-11,13-15H2/t16-/m0/s1. The molecule has 0 radical (unpaired) electrons. The Kier molecular flexibility index (Phi) is 6.03. The summed E-state index contributed by atoms with van der Waals surface area (Å²) in [5, 5.41) is 0. The fraction of sp³-hybridized carbons (Fsp3) is 0.474. The van der Waals surface area contributed by atoms with Gasteiger partial charge in [0, 0.05) is 19.1 Å². The lowest BCUT2D eigenvalue weighted by atomic mass is 10.2. The first kappa shape index (κ1) is 22.5. The van der Waals surface area contributed by atoms with E-state index in [0.29, 0.717) is 18.8 Å². The van der Waals surface area contributed by atoms with Crippen LogP contribution in [0.15, 0.2) is 56.9 Å². The molecule has 0 bridgehead atoms. The van der Waals surface area contributed by atoms with Crippen molar-refractivity contribution in [1.29, 1.82) is 0 Å². The van der Waals surface area contributed by atoms with Crippen molar-refractivity contribution in [2.24, 2.45) is 0 Å². The number of furan rings is 1. The first-order valence-corrected chi connectivity index (χ1v) is 14.6. The lowest BCUT2D eigenvalue weighted by Gasteiger charge is -2.26. The van der Waals surface area contributed by atoms with Crippen LogP contribution in [-0.2, 0) is 36.4 Å². The highest BCUT2D eigenvalue weighted by Gasteiger charge is 2.39. The van der Waals surface area contributed by atoms with Crippen molar-refractivity contribution in [1.82, 2.24) is 8.61 Å². The second kappa shape index (κ2) is 8.32. The van der Waals surface area contributed by atoms with Gasteiger partial charge in [-0.05, 0) is 55.7 Å². The third-order valence-electron chi connectivity index (χ3n) is 5.64. The Morgan fingerprint density at radius 1 is 1.00 bits per heavy atom. The van der Waals surface area contributed by atoms with E-state index in [4.69, 9.17) is 4.42 Å². The average molecular weight is 489 g/mol. The summed E-state index contributed by atoms with van der Waals surface area (Å²) in [5.74, 6) is 0.0598. The molecule has 0 aliphatic carbocycles. The maximum absolute atomic E-state index is 13.4. The number of benzene rings is 1. The van der Waals surface area contributed by atoms with Crippen molar-refractivity contribution in [3.63, 3.8) is 0 Å². The highest BCUT2D eigenvalue weighted by Crippen LogP contribution is 2.29. The van der Waals surface area contributed by atoms with Gasteiger partial charge in [-0.3, -0.25) is 0 Å². The van der Waals surface area contributed by atoms with Gasteiger partial charge >= 0.3 is 0 Å². The third kappa shape index (κ3) is 4.58. The van der Waals surface area contributed by atoms with Crippen LogP contribution in [0.5, 0.6) is 0 Å². The normalized spacial score (nSPS) is 22.3. The number of sulfonamides is 2. The molecule has 1 aromatic heterocycles. The first-order chi connectivity index (χ1) is 14.6. The second-order valence-corrected chi connectivity index (χ2v) is 13.8. The molecular weight excluding hydrogens is 464 g/mol. The van der Waals surface area contributed by atoms with Crippen molar-refractivity contribution < 1.29 is 29.7 Å². The number of sulfone groups is 1. The molecule has 0 N–H and O–H groups in total. The molecule has 4 rings (SSSR count).